The Kier molecular flexibility index (Phi) is 5.21. The molecule has 0 spiro atoms. The van der Waals surface area contributed by atoms with Gasteiger partial charge in [0.15, 0.2) is 0 Å². The van der Waals surface area contributed by atoms with Crippen molar-refractivity contribution in [3.05, 3.63) is 69.3 Å². The third-order valence-corrected chi connectivity index (χ3v) is 4.70. The normalized spacial score (nSPS) is 14.9. The van der Waals surface area contributed by atoms with E-state index in [0.29, 0.717) is 25.9 Å². The Balaban J connectivity index is 1.64. The van der Waals surface area contributed by atoms with E-state index in [1.54, 1.807) is 17.0 Å². The lowest BCUT2D eigenvalue weighted by Crippen LogP contribution is -2.42. The molecule has 0 aliphatic carbocycles. The van der Waals surface area contributed by atoms with Crippen LogP contribution in [0.25, 0.3) is 0 Å². The maximum absolute atomic E-state index is 12.7. The molecule has 3 rings (SSSR count). The highest BCUT2D eigenvalue weighted by atomic mass is 16.6. The maximum atomic E-state index is 12.7. The predicted molar refractivity (Wildman–Crippen MR) is 98.6 cm³/mol. The highest BCUT2D eigenvalue weighted by Crippen LogP contribution is 2.26. The van der Waals surface area contributed by atoms with E-state index in [9.17, 15) is 14.9 Å². The third-order valence-electron chi connectivity index (χ3n) is 4.70. The minimum atomic E-state index is -0.510. The molecule has 26 heavy (non-hydrogen) atoms. The van der Waals surface area contributed by atoms with Gasteiger partial charge in [-0.05, 0) is 37.1 Å². The Morgan fingerprint density at radius 2 is 1.85 bits per heavy atom. The molecular formula is C20H22N2O4. The highest BCUT2D eigenvalue weighted by Gasteiger charge is 2.28. The standard InChI is InChI=1S/C20H22N2O4/c1-14-7-8-15(2)19(13-14)26-16-9-11-21(12-10-16)20(23)17-5-3-4-6-18(17)22(24)25/h3-8,13,16H,9-12H2,1-2H3. The van der Waals surface area contributed by atoms with Crippen molar-refractivity contribution in [3.63, 3.8) is 0 Å². The number of nitro groups is 1. The first-order valence-corrected chi connectivity index (χ1v) is 8.72. The van der Waals surface area contributed by atoms with Crippen LogP contribution in [0.5, 0.6) is 5.75 Å². The highest BCUT2D eigenvalue weighted by molar-refractivity contribution is 5.98. The zero-order valence-electron chi connectivity index (χ0n) is 15.0. The first kappa shape index (κ1) is 17.9. The van der Waals surface area contributed by atoms with Crippen LogP contribution in [0.3, 0.4) is 0 Å². The molecule has 2 aromatic carbocycles. The Morgan fingerprint density at radius 3 is 2.54 bits per heavy atom. The van der Waals surface area contributed by atoms with Gasteiger partial charge in [-0.25, -0.2) is 0 Å². The van der Waals surface area contributed by atoms with Crippen molar-refractivity contribution in [2.24, 2.45) is 0 Å². The van der Waals surface area contributed by atoms with Crippen LogP contribution in [0.1, 0.15) is 34.3 Å². The summed E-state index contributed by atoms with van der Waals surface area (Å²) >= 11 is 0. The lowest BCUT2D eigenvalue weighted by molar-refractivity contribution is -0.385. The molecule has 0 aromatic heterocycles. The van der Waals surface area contributed by atoms with Crippen LogP contribution in [-0.2, 0) is 0 Å². The number of ether oxygens (including phenoxy) is 1. The average molecular weight is 354 g/mol. The SMILES string of the molecule is Cc1ccc(C)c(OC2CCN(C(=O)c3ccccc3[N+](=O)[O-])CC2)c1. The van der Waals surface area contributed by atoms with Crippen molar-refractivity contribution >= 4 is 11.6 Å². The quantitative estimate of drug-likeness (QED) is 0.617. The molecule has 1 aliphatic heterocycles. The topological polar surface area (TPSA) is 72.7 Å². The number of aryl methyl sites for hydroxylation is 2. The summed E-state index contributed by atoms with van der Waals surface area (Å²) in [6, 6.07) is 12.2. The second kappa shape index (κ2) is 7.56. The molecule has 1 fully saturated rings. The van der Waals surface area contributed by atoms with Gasteiger partial charge in [-0.2, -0.15) is 0 Å². The molecule has 1 heterocycles. The summed E-state index contributed by atoms with van der Waals surface area (Å²) in [5.74, 6) is 0.593. The number of para-hydroxylation sites is 1. The van der Waals surface area contributed by atoms with E-state index < -0.39 is 4.92 Å². The zero-order valence-corrected chi connectivity index (χ0v) is 15.0. The number of piperidine rings is 1. The van der Waals surface area contributed by atoms with Gasteiger partial charge < -0.3 is 9.64 Å². The van der Waals surface area contributed by atoms with Crippen molar-refractivity contribution in [1.29, 1.82) is 0 Å². The molecule has 6 nitrogen and oxygen atoms in total. The fourth-order valence-corrected chi connectivity index (χ4v) is 3.17. The van der Waals surface area contributed by atoms with Crippen LogP contribution < -0.4 is 4.74 Å². The van der Waals surface area contributed by atoms with Crippen LogP contribution in [0, 0.1) is 24.0 Å². The summed E-state index contributed by atoms with van der Waals surface area (Å²) in [6.07, 6.45) is 1.46. The van der Waals surface area contributed by atoms with Gasteiger partial charge in [0, 0.05) is 32.0 Å². The van der Waals surface area contributed by atoms with Crippen LogP contribution in [0.4, 0.5) is 5.69 Å². The second-order valence-electron chi connectivity index (χ2n) is 6.65. The molecule has 6 heteroatoms. The molecule has 1 aliphatic rings. The van der Waals surface area contributed by atoms with E-state index in [4.69, 9.17) is 4.74 Å². The summed E-state index contributed by atoms with van der Waals surface area (Å²) in [5, 5.41) is 11.1. The van der Waals surface area contributed by atoms with E-state index in [0.717, 1.165) is 16.9 Å². The number of carbonyl (C=O) groups is 1. The van der Waals surface area contributed by atoms with E-state index >= 15 is 0 Å². The number of nitrogens with zero attached hydrogens (tertiary/aromatic N) is 2. The van der Waals surface area contributed by atoms with Crippen LogP contribution >= 0.6 is 0 Å². The van der Waals surface area contributed by atoms with Crippen molar-refractivity contribution in [3.8, 4) is 5.75 Å². The van der Waals surface area contributed by atoms with E-state index in [1.807, 2.05) is 26.0 Å². The van der Waals surface area contributed by atoms with Gasteiger partial charge in [0.25, 0.3) is 11.6 Å². The van der Waals surface area contributed by atoms with Gasteiger partial charge in [-0.15, -0.1) is 0 Å². The first-order valence-electron chi connectivity index (χ1n) is 8.72. The van der Waals surface area contributed by atoms with Crippen molar-refractivity contribution < 1.29 is 14.5 Å². The first-order chi connectivity index (χ1) is 12.5. The Hall–Kier alpha value is -2.89. The molecule has 136 valence electrons. The molecule has 0 N–H and O–H groups in total. The number of nitro benzene ring substituents is 1. The number of hydrogen-bond acceptors (Lipinski definition) is 4. The Bertz CT molecular complexity index is 826. The Morgan fingerprint density at radius 1 is 1.15 bits per heavy atom. The molecule has 1 saturated heterocycles. The number of hydrogen-bond donors (Lipinski definition) is 0. The van der Waals surface area contributed by atoms with E-state index in [-0.39, 0.29) is 23.3 Å². The minimum Gasteiger partial charge on any atom is -0.490 e. The minimum absolute atomic E-state index is 0.0466. The van der Waals surface area contributed by atoms with Crippen molar-refractivity contribution in [2.45, 2.75) is 32.8 Å². The molecule has 0 radical (unpaired) electrons. The molecule has 1 amide bonds. The van der Waals surface area contributed by atoms with Gasteiger partial charge in [0.1, 0.15) is 17.4 Å². The molecule has 2 aromatic rings. The number of likely N-dealkylation sites (tertiary alicyclic amines) is 1. The summed E-state index contributed by atoms with van der Waals surface area (Å²) in [6.45, 7) is 5.10. The molecule has 0 unspecified atom stereocenters. The number of amides is 1. The largest absolute Gasteiger partial charge is 0.490 e. The molecule has 0 atom stereocenters. The van der Waals surface area contributed by atoms with E-state index in [2.05, 4.69) is 6.07 Å². The van der Waals surface area contributed by atoms with Gasteiger partial charge in [-0.1, -0.05) is 24.3 Å². The number of carbonyl (C=O) groups excluding carboxylic acids is 1. The zero-order chi connectivity index (χ0) is 18.7. The number of benzene rings is 2. The van der Waals surface area contributed by atoms with Crippen molar-refractivity contribution in [2.75, 3.05) is 13.1 Å². The summed E-state index contributed by atoms with van der Waals surface area (Å²) in [4.78, 5) is 25.0. The molecular weight excluding hydrogens is 332 g/mol. The lowest BCUT2D eigenvalue weighted by Gasteiger charge is -2.32. The second-order valence-corrected chi connectivity index (χ2v) is 6.65. The Labute approximate surface area is 152 Å². The molecule has 0 bridgehead atoms. The van der Waals surface area contributed by atoms with Gasteiger partial charge in [0.05, 0.1) is 4.92 Å². The van der Waals surface area contributed by atoms with Gasteiger partial charge in [-0.3, -0.25) is 14.9 Å². The monoisotopic (exact) mass is 354 g/mol. The van der Waals surface area contributed by atoms with Gasteiger partial charge in [0.2, 0.25) is 0 Å². The molecule has 0 saturated carbocycles. The maximum Gasteiger partial charge on any atom is 0.282 e. The average Bonchev–Trinajstić information content (AvgIpc) is 2.65. The van der Waals surface area contributed by atoms with Crippen molar-refractivity contribution in [1.82, 2.24) is 4.90 Å². The van der Waals surface area contributed by atoms with Crippen LogP contribution in [0.2, 0.25) is 0 Å². The third kappa shape index (κ3) is 3.85. The summed E-state index contributed by atoms with van der Waals surface area (Å²) in [5.41, 5.74) is 2.24. The lowest BCUT2D eigenvalue weighted by atomic mass is 10.0. The van der Waals surface area contributed by atoms with Crippen LogP contribution in [-0.4, -0.2) is 34.9 Å². The summed E-state index contributed by atoms with van der Waals surface area (Å²) in [7, 11) is 0. The fraction of sp³-hybridized carbons (Fsp3) is 0.350. The van der Waals surface area contributed by atoms with Gasteiger partial charge >= 0.3 is 0 Å². The predicted octanol–water partition coefficient (Wildman–Crippen LogP) is 3.90. The smallest absolute Gasteiger partial charge is 0.282 e. The number of rotatable bonds is 4. The van der Waals surface area contributed by atoms with E-state index in [1.165, 1.54) is 12.1 Å². The van der Waals surface area contributed by atoms with Crippen LogP contribution in [0.15, 0.2) is 42.5 Å². The fourth-order valence-electron chi connectivity index (χ4n) is 3.17. The summed E-state index contributed by atoms with van der Waals surface area (Å²) < 4.78 is 6.12.